The first-order chi connectivity index (χ1) is 21.2. The second-order valence-corrected chi connectivity index (χ2v) is 10.0. The Hall–Kier alpha value is -5.05. The summed E-state index contributed by atoms with van der Waals surface area (Å²) in [5, 5.41) is 5.99. The lowest BCUT2D eigenvalue weighted by molar-refractivity contribution is -0.113. The number of ether oxygens (including phenoxy) is 3. The summed E-state index contributed by atoms with van der Waals surface area (Å²) in [6.07, 6.45) is 4.43. The second-order valence-electron chi connectivity index (χ2n) is 9.19. The molecular weight excluding hydrogens is 603 g/mol. The molecule has 0 aliphatic heterocycles. The fourth-order valence-electron chi connectivity index (χ4n) is 4.10. The Bertz CT molecular complexity index is 1710. The zero-order valence-electron chi connectivity index (χ0n) is 24.0. The van der Waals surface area contributed by atoms with E-state index in [2.05, 4.69) is 10.6 Å². The van der Waals surface area contributed by atoms with Crippen LogP contribution in [0.2, 0.25) is 10.0 Å². The van der Waals surface area contributed by atoms with Gasteiger partial charge in [0.1, 0.15) is 11.4 Å². The fraction of sp³-hybridized carbons (Fsp3) is 0.0882. The maximum Gasteiger partial charge on any atom is 0.272 e. The lowest BCUT2D eigenvalue weighted by atomic mass is 10.1. The van der Waals surface area contributed by atoms with Crippen LogP contribution in [0.15, 0.2) is 96.7 Å². The van der Waals surface area contributed by atoms with Crippen molar-refractivity contribution >= 4 is 58.6 Å². The molecule has 2 amide bonds. The van der Waals surface area contributed by atoms with E-state index in [-0.39, 0.29) is 11.5 Å². The van der Waals surface area contributed by atoms with Crippen LogP contribution in [0.25, 0.3) is 12.2 Å². The van der Waals surface area contributed by atoms with Crippen molar-refractivity contribution in [2.24, 2.45) is 0 Å². The molecule has 10 heteroatoms. The molecule has 8 nitrogen and oxygen atoms in total. The van der Waals surface area contributed by atoms with E-state index in [4.69, 9.17) is 37.4 Å². The molecule has 0 unspecified atom stereocenters. The monoisotopic (exact) mass is 630 g/mol. The highest BCUT2D eigenvalue weighted by Crippen LogP contribution is 2.35. The van der Waals surface area contributed by atoms with Crippen LogP contribution in [0.4, 0.5) is 5.69 Å². The maximum absolute atomic E-state index is 13.4. The van der Waals surface area contributed by atoms with Gasteiger partial charge in [0.2, 0.25) is 0 Å². The summed E-state index contributed by atoms with van der Waals surface area (Å²) in [6.45, 7) is 0. The van der Waals surface area contributed by atoms with Gasteiger partial charge in [-0.1, -0.05) is 47.5 Å². The number of rotatable bonds is 11. The Morgan fingerprint density at radius 2 is 1.32 bits per heavy atom. The van der Waals surface area contributed by atoms with Crippen molar-refractivity contribution in [2.75, 3.05) is 26.6 Å². The topological polar surface area (TPSA) is 103 Å². The molecule has 0 fully saturated rings. The molecule has 0 radical (unpaired) electrons. The lowest BCUT2D eigenvalue weighted by Gasteiger charge is -2.13. The van der Waals surface area contributed by atoms with Crippen LogP contribution in [0.3, 0.4) is 0 Å². The van der Waals surface area contributed by atoms with Gasteiger partial charge in [0.05, 0.1) is 21.3 Å². The number of amides is 2. The molecule has 0 saturated heterocycles. The van der Waals surface area contributed by atoms with Crippen LogP contribution in [-0.4, -0.2) is 38.9 Å². The first-order valence-electron chi connectivity index (χ1n) is 13.2. The molecule has 4 rings (SSSR count). The van der Waals surface area contributed by atoms with Crippen molar-refractivity contribution in [3.63, 3.8) is 0 Å². The van der Waals surface area contributed by atoms with Gasteiger partial charge in [0.15, 0.2) is 17.3 Å². The molecule has 0 atom stereocenters. The standard InChI is InChI=1S/C34H28Cl2N2O6/c1-42-30-20-32(44-3)31(43-2)18-23(30)14-17-29(39)21-12-15-24(16-13-21)37-34(41)28(19-25-26(35)10-7-11-27(25)36)38-33(40)22-8-5-4-6-9-22/h4-20H,1-3H3,(H,37,41)(H,38,40)/b17-14+,28-19-. The summed E-state index contributed by atoms with van der Waals surface area (Å²) in [6, 6.07) is 23.1. The van der Waals surface area contributed by atoms with Gasteiger partial charge in [0, 0.05) is 44.1 Å². The van der Waals surface area contributed by atoms with Crippen molar-refractivity contribution in [3.05, 3.63) is 129 Å². The van der Waals surface area contributed by atoms with Gasteiger partial charge in [-0.15, -0.1) is 0 Å². The average Bonchev–Trinajstić information content (AvgIpc) is 3.04. The van der Waals surface area contributed by atoms with E-state index >= 15 is 0 Å². The average molecular weight is 632 g/mol. The number of anilines is 1. The van der Waals surface area contributed by atoms with E-state index in [1.54, 1.807) is 91.0 Å². The van der Waals surface area contributed by atoms with E-state index in [9.17, 15) is 14.4 Å². The highest BCUT2D eigenvalue weighted by Gasteiger charge is 2.17. The fourth-order valence-corrected chi connectivity index (χ4v) is 4.60. The van der Waals surface area contributed by atoms with Gasteiger partial charge in [0.25, 0.3) is 11.8 Å². The number of carbonyl (C=O) groups is 3. The minimum Gasteiger partial charge on any atom is -0.496 e. The van der Waals surface area contributed by atoms with Gasteiger partial charge < -0.3 is 24.8 Å². The molecule has 0 saturated carbocycles. The Balaban J connectivity index is 1.53. The number of carbonyl (C=O) groups excluding carboxylic acids is 3. The number of methoxy groups -OCH3 is 3. The Morgan fingerprint density at radius 3 is 1.93 bits per heavy atom. The van der Waals surface area contributed by atoms with Crippen molar-refractivity contribution in [3.8, 4) is 17.2 Å². The third-order valence-electron chi connectivity index (χ3n) is 6.39. The first-order valence-corrected chi connectivity index (χ1v) is 14.0. The van der Waals surface area contributed by atoms with Crippen molar-refractivity contribution < 1.29 is 28.6 Å². The van der Waals surface area contributed by atoms with Crippen LogP contribution in [0, 0.1) is 0 Å². The molecule has 0 spiro atoms. The quantitative estimate of drug-likeness (QED) is 0.133. The predicted molar refractivity (Wildman–Crippen MR) is 173 cm³/mol. The first kappa shape index (κ1) is 31.9. The zero-order chi connectivity index (χ0) is 31.6. The molecule has 4 aromatic carbocycles. The summed E-state index contributed by atoms with van der Waals surface area (Å²) in [7, 11) is 4.56. The van der Waals surface area contributed by atoms with E-state index in [0.29, 0.717) is 55.2 Å². The van der Waals surface area contributed by atoms with Gasteiger partial charge >= 0.3 is 0 Å². The summed E-state index contributed by atoms with van der Waals surface area (Å²) in [5.41, 5.74) is 2.04. The van der Waals surface area contributed by atoms with Crippen molar-refractivity contribution in [2.45, 2.75) is 0 Å². The largest absolute Gasteiger partial charge is 0.496 e. The Labute approximate surface area is 264 Å². The minimum absolute atomic E-state index is 0.0826. The molecule has 44 heavy (non-hydrogen) atoms. The molecule has 0 aliphatic carbocycles. The predicted octanol–water partition coefficient (Wildman–Crippen LogP) is 7.32. The number of nitrogens with one attached hydrogen (secondary N) is 2. The summed E-state index contributed by atoms with van der Waals surface area (Å²) in [4.78, 5) is 39.2. The molecule has 0 bridgehead atoms. The number of allylic oxidation sites excluding steroid dienone is 1. The highest BCUT2D eigenvalue weighted by molar-refractivity contribution is 6.37. The number of hydrogen-bond donors (Lipinski definition) is 2. The number of halogens is 2. The number of hydrogen-bond acceptors (Lipinski definition) is 6. The van der Waals surface area contributed by atoms with Gasteiger partial charge in [-0.2, -0.15) is 0 Å². The number of benzene rings is 4. The van der Waals surface area contributed by atoms with Gasteiger partial charge in [-0.25, -0.2) is 0 Å². The minimum atomic E-state index is -0.621. The van der Waals surface area contributed by atoms with Crippen LogP contribution in [-0.2, 0) is 4.79 Å². The summed E-state index contributed by atoms with van der Waals surface area (Å²) < 4.78 is 16.1. The SMILES string of the molecule is COc1cc(OC)c(OC)cc1/C=C/C(=O)c1ccc(NC(=O)/C(=C/c2c(Cl)cccc2Cl)NC(=O)c2ccccc2)cc1. The second kappa shape index (κ2) is 14.9. The van der Waals surface area contributed by atoms with Crippen molar-refractivity contribution in [1.82, 2.24) is 5.32 Å². The van der Waals surface area contributed by atoms with E-state index in [1.807, 2.05) is 0 Å². The molecule has 0 heterocycles. The molecule has 0 aliphatic rings. The zero-order valence-corrected chi connectivity index (χ0v) is 25.5. The molecule has 2 N–H and O–H groups in total. The van der Waals surface area contributed by atoms with Crippen molar-refractivity contribution in [1.29, 1.82) is 0 Å². The van der Waals surface area contributed by atoms with Crippen LogP contribution >= 0.6 is 23.2 Å². The normalized spacial score (nSPS) is 11.2. The Kier molecular flexibility index (Phi) is 10.8. The van der Waals surface area contributed by atoms with Crippen LogP contribution in [0.1, 0.15) is 31.8 Å². The summed E-state index contributed by atoms with van der Waals surface area (Å²) >= 11 is 12.6. The third kappa shape index (κ3) is 7.86. The van der Waals surface area contributed by atoms with Gasteiger partial charge in [-0.3, -0.25) is 14.4 Å². The lowest BCUT2D eigenvalue weighted by Crippen LogP contribution is -2.30. The number of ketones is 1. The summed E-state index contributed by atoms with van der Waals surface area (Å²) in [5.74, 6) is 0.109. The van der Waals surface area contributed by atoms with Crippen LogP contribution < -0.4 is 24.8 Å². The molecular formula is C34H28Cl2N2O6. The van der Waals surface area contributed by atoms with E-state index in [1.165, 1.54) is 33.5 Å². The Morgan fingerprint density at radius 1 is 0.705 bits per heavy atom. The third-order valence-corrected chi connectivity index (χ3v) is 7.05. The maximum atomic E-state index is 13.4. The smallest absolute Gasteiger partial charge is 0.272 e. The molecule has 0 aromatic heterocycles. The van der Waals surface area contributed by atoms with E-state index in [0.717, 1.165) is 0 Å². The van der Waals surface area contributed by atoms with E-state index < -0.39 is 11.8 Å². The van der Waals surface area contributed by atoms with Crippen LogP contribution in [0.5, 0.6) is 17.2 Å². The highest BCUT2D eigenvalue weighted by atomic mass is 35.5. The molecule has 4 aromatic rings. The molecule has 224 valence electrons. The van der Waals surface area contributed by atoms with Gasteiger partial charge in [-0.05, 0) is 72.8 Å².